The normalized spacial score (nSPS) is 14.5. The first-order valence-corrected chi connectivity index (χ1v) is 12.2. The van der Waals surface area contributed by atoms with Crippen LogP contribution in [0.2, 0.25) is 5.02 Å². The van der Waals surface area contributed by atoms with E-state index >= 15 is 0 Å². The zero-order valence-electron chi connectivity index (χ0n) is 18.8. The van der Waals surface area contributed by atoms with Gasteiger partial charge in [-0.2, -0.15) is 0 Å². The highest BCUT2D eigenvalue weighted by molar-refractivity contribution is 7.11. The van der Waals surface area contributed by atoms with Crippen LogP contribution in [0.5, 0.6) is 16.7 Å². The number of halogens is 1. The van der Waals surface area contributed by atoms with Crippen molar-refractivity contribution in [2.45, 2.75) is 13.0 Å². The number of carbonyl (C=O) groups excluding carboxylic acids is 1. The molecule has 2 aromatic carbocycles. The number of hydrogen-bond acceptors (Lipinski definition) is 9. The molecule has 5 rings (SSSR count). The minimum absolute atomic E-state index is 0.0840. The number of nitrogens with one attached hydrogen (secondary N) is 1. The lowest BCUT2D eigenvalue weighted by Gasteiger charge is -2.29. The second kappa shape index (κ2) is 10.4. The number of benzene rings is 2. The van der Waals surface area contributed by atoms with Gasteiger partial charge in [0.05, 0.1) is 29.1 Å². The van der Waals surface area contributed by atoms with Crippen molar-refractivity contribution in [2.24, 2.45) is 0 Å². The van der Waals surface area contributed by atoms with Crippen molar-refractivity contribution in [3.05, 3.63) is 59.3 Å². The van der Waals surface area contributed by atoms with E-state index < -0.39 is 6.10 Å². The van der Waals surface area contributed by atoms with E-state index in [0.29, 0.717) is 70.4 Å². The van der Waals surface area contributed by atoms with E-state index in [2.05, 4.69) is 20.3 Å². The second-order valence-corrected chi connectivity index (χ2v) is 9.00. The Hall–Kier alpha value is -3.47. The van der Waals surface area contributed by atoms with E-state index in [1.54, 1.807) is 36.2 Å². The predicted molar refractivity (Wildman–Crippen MR) is 134 cm³/mol. The number of hydrogen-bond donors (Lipinski definition) is 1. The molecule has 1 N–H and O–H groups in total. The van der Waals surface area contributed by atoms with Crippen LogP contribution in [-0.4, -0.2) is 58.2 Å². The second-order valence-electron chi connectivity index (χ2n) is 7.74. The standard InChI is InChI=1S/C24H22ClN5O4S/c1-15(23(31)30-8-10-32-11-9-30)33-20-4-2-3-18-21(20)22(28-14-27-18)29-16-5-6-19(17(25)13-16)34-24-26-7-12-35-24/h2-7,12-15H,8-11H2,1H3,(H,27,28,29)/t15-/m1/s1. The Morgan fingerprint density at radius 3 is 2.80 bits per heavy atom. The molecule has 35 heavy (non-hydrogen) atoms. The monoisotopic (exact) mass is 511 g/mol. The summed E-state index contributed by atoms with van der Waals surface area (Å²) >= 11 is 7.82. The molecule has 0 spiro atoms. The average molecular weight is 512 g/mol. The number of morpholine rings is 1. The van der Waals surface area contributed by atoms with Crippen molar-refractivity contribution >= 4 is 51.3 Å². The third kappa shape index (κ3) is 5.29. The van der Waals surface area contributed by atoms with Crippen molar-refractivity contribution < 1.29 is 19.0 Å². The highest BCUT2D eigenvalue weighted by Crippen LogP contribution is 2.36. The van der Waals surface area contributed by atoms with Crippen LogP contribution < -0.4 is 14.8 Å². The fourth-order valence-corrected chi connectivity index (χ4v) is 4.42. The van der Waals surface area contributed by atoms with Gasteiger partial charge in [0, 0.05) is 30.4 Å². The van der Waals surface area contributed by atoms with Crippen molar-refractivity contribution in [1.82, 2.24) is 19.9 Å². The summed E-state index contributed by atoms with van der Waals surface area (Å²) in [5.74, 6) is 1.45. The maximum atomic E-state index is 12.9. The van der Waals surface area contributed by atoms with Crippen LogP contribution in [0.3, 0.4) is 0 Å². The smallest absolute Gasteiger partial charge is 0.278 e. The van der Waals surface area contributed by atoms with E-state index in [1.165, 1.54) is 17.7 Å². The SMILES string of the molecule is C[C@@H](Oc1cccc2ncnc(Nc3ccc(Oc4nccs4)c(Cl)c3)c12)C(=O)N1CCOCC1. The van der Waals surface area contributed by atoms with Crippen molar-refractivity contribution in [3.8, 4) is 16.7 Å². The third-order valence-corrected chi connectivity index (χ3v) is 6.34. The molecule has 0 unspecified atom stereocenters. The molecule has 1 saturated heterocycles. The van der Waals surface area contributed by atoms with Gasteiger partial charge in [-0.05, 0) is 37.3 Å². The van der Waals surface area contributed by atoms with Gasteiger partial charge in [0.15, 0.2) is 6.10 Å². The molecule has 3 heterocycles. The summed E-state index contributed by atoms with van der Waals surface area (Å²) in [6, 6.07) is 10.8. The number of fused-ring (bicyclic) bond motifs is 1. The molecule has 2 aromatic heterocycles. The number of nitrogens with zero attached hydrogens (tertiary/aromatic N) is 4. The summed E-state index contributed by atoms with van der Waals surface area (Å²) in [4.78, 5) is 27.5. The molecule has 0 aliphatic carbocycles. The summed E-state index contributed by atoms with van der Waals surface area (Å²) in [5.41, 5.74) is 1.38. The lowest BCUT2D eigenvalue weighted by molar-refractivity contribution is -0.142. The fourth-order valence-electron chi connectivity index (χ4n) is 3.71. The Morgan fingerprint density at radius 1 is 1.17 bits per heavy atom. The first-order chi connectivity index (χ1) is 17.1. The summed E-state index contributed by atoms with van der Waals surface area (Å²) in [6.07, 6.45) is 2.46. The van der Waals surface area contributed by atoms with Crippen LogP contribution in [0.15, 0.2) is 54.3 Å². The maximum absolute atomic E-state index is 12.9. The van der Waals surface area contributed by atoms with Gasteiger partial charge < -0.3 is 24.4 Å². The summed E-state index contributed by atoms with van der Waals surface area (Å²) in [6.45, 7) is 3.92. The molecule has 11 heteroatoms. The molecule has 0 radical (unpaired) electrons. The summed E-state index contributed by atoms with van der Waals surface area (Å²) in [5, 5.41) is 6.71. The van der Waals surface area contributed by atoms with Crippen molar-refractivity contribution in [1.29, 1.82) is 0 Å². The van der Waals surface area contributed by atoms with E-state index in [4.69, 9.17) is 25.8 Å². The number of rotatable bonds is 7. The molecule has 0 bridgehead atoms. The first-order valence-electron chi connectivity index (χ1n) is 11.0. The number of carbonyl (C=O) groups is 1. The predicted octanol–water partition coefficient (Wildman–Crippen LogP) is 4.90. The molecule has 1 atom stereocenters. The maximum Gasteiger partial charge on any atom is 0.278 e. The van der Waals surface area contributed by atoms with E-state index in [0.717, 1.165) is 0 Å². The van der Waals surface area contributed by atoms with E-state index in [-0.39, 0.29) is 5.91 Å². The molecular weight excluding hydrogens is 490 g/mol. The summed E-state index contributed by atoms with van der Waals surface area (Å²) < 4.78 is 17.2. The van der Waals surface area contributed by atoms with E-state index in [1.807, 2.05) is 23.6 Å². The zero-order valence-corrected chi connectivity index (χ0v) is 20.4. The van der Waals surface area contributed by atoms with Gasteiger partial charge in [0.2, 0.25) is 0 Å². The van der Waals surface area contributed by atoms with Crippen LogP contribution in [0.1, 0.15) is 6.92 Å². The van der Waals surface area contributed by atoms with Crippen molar-refractivity contribution in [2.75, 3.05) is 31.6 Å². The molecule has 1 aliphatic heterocycles. The molecule has 1 amide bonds. The Kier molecular flexibility index (Phi) is 6.94. The lowest BCUT2D eigenvalue weighted by atomic mass is 10.2. The Bertz CT molecular complexity index is 1330. The zero-order chi connectivity index (χ0) is 24.2. The van der Waals surface area contributed by atoms with Crippen LogP contribution in [0.25, 0.3) is 10.9 Å². The largest absolute Gasteiger partial charge is 0.480 e. The fraction of sp³-hybridized carbons (Fsp3) is 0.250. The molecular formula is C24H22ClN5O4S. The van der Waals surface area contributed by atoms with Crippen LogP contribution in [-0.2, 0) is 9.53 Å². The highest BCUT2D eigenvalue weighted by Gasteiger charge is 2.25. The van der Waals surface area contributed by atoms with Gasteiger partial charge in [-0.25, -0.2) is 15.0 Å². The highest BCUT2D eigenvalue weighted by atomic mass is 35.5. The number of thiazole rings is 1. The van der Waals surface area contributed by atoms with Gasteiger partial charge in [0.25, 0.3) is 11.1 Å². The van der Waals surface area contributed by atoms with Crippen LogP contribution >= 0.6 is 22.9 Å². The van der Waals surface area contributed by atoms with Gasteiger partial charge in [-0.1, -0.05) is 29.0 Å². The lowest BCUT2D eigenvalue weighted by Crippen LogP contribution is -2.46. The van der Waals surface area contributed by atoms with Gasteiger partial charge in [0.1, 0.15) is 23.6 Å². The molecule has 4 aromatic rings. The average Bonchev–Trinajstić information content (AvgIpc) is 3.39. The van der Waals surface area contributed by atoms with Gasteiger partial charge >= 0.3 is 0 Å². The Balaban J connectivity index is 1.39. The van der Waals surface area contributed by atoms with E-state index in [9.17, 15) is 4.79 Å². The number of amides is 1. The molecule has 1 aliphatic rings. The molecule has 1 fully saturated rings. The topological polar surface area (TPSA) is 98.7 Å². The quantitative estimate of drug-likeness (QED) is 0.374. The number of aromatic nitrogens is 3. The molecule has 180 valence electrons. The molecule has 9 nitrogen and oxygen atoms in total. The Labute approximate surface area is 210 Å². The third-order valence-electron chi connectivity index (χ3n) is 5.40. The molecule has 0 saturated carbocycles. The Morgan fingerprint density at radius 2 is 2.03 bits per heavy atom. The van der Waals surface area contributed by atoms with Crippen molar-refractivity contribution in [3.63, 3.8) is 0 Å². The van der Waals surface area contributed by atoms with Gasteiger partial charge in [-0.3, -0.25) is 4.79 Å². The van der Waals surface area contributed by atoms with Gasteiger partial charge in [-0.15, -0.1) is 0 Å². The first kappa shape index (κ1) is 23.3. The minimum Gasteiger partial charge on any atom is -0.480 e. The summed E-state index contributed by atoms with van der Waals surface area (Å²) in [7, 11) is 0. The van der Waals surface area contributed by atoms with Crippen LogP contribution in [0, 0.1) is 0 Å². The number of anilines is 2. The van der Waals surface area contributed by atoms with Crippen LogP contribution in [0.4, 0.5) is 11.5 Å². The minimum atomic E-state index is -0.677. The number of ether oxygens (including phenoxy) is 3.